The van der Waals surface area contributed by atoms with Gasteiger partial charge in [-0.3, -0.25) is 9.69 Å². The SMILES string of the molecule is CCCN1C(=O)N/C(=C/c2cccc(F)c2)C1=O. The van der Waals surface area contributed by atoms with Crippen molar-refractivity contribution in [2.45, 2.75) is 13.3 Å². The molecule has 18 heavy (non-hydrogen) atoms. The Kier molecular flexibility index (Phi) is 3.41. The van der Waals surface area contributed by atoms with Crippen LogP contribution in [0.3, 0.4) is 0 Å². The lowest BCUT2D eigenvalue weighted by atomic mass is 10.2. The van der Waals surface area contributed by atoms with Crippen LogP contribution >= 0.6 is 0 Å². The molecule has 0 aliphatic carbocycles. The number of halogens is 1. The molecule has 0 unspecified atom stereocenters. The van der Waals surface area contributed by atoms with E-state index in [4.69, 9.17) is 0 Å². The van der Waals surface area contributed by atoms with Crippen LogP contribution in [0.1, 0.15) is 18.9 Å². The van der Waals surface area contributed by atoms with Crippen molar-refractivity contribution < 1.29 is 14.0 Å². The average Bonchev–Trinajstić information content (AvgIpc) is 2.57. The van der Waals surface area contributed by atoms with Crippen LogP contribution in [-0.2, 0) is 4.79 Å². The maximum atomic E-state index is 13.0. The number of hydrogen-bond acceptors (Lipinski definition) is 2. The third-order valence-corrected chi connectivity index (χ3v) is 2.57. The second kappa shape index (κ2) is 5.00. The second-order valence-electron chi connectivity index (χ2n) is 4.00. The summed E-state index contributed by atoms with van der Waals surface area (Å²) in [7, 11) is 0. The quantitative estimate of drug-likeness (QED) is 0.658. The first-order valence-corrected chi connectivity index (χ1v) is 5.72. The van der Waals surface area contributed by atoms with Crippen molar-refractivity contribution in [1.29, 1.82) is 0 Å². The van der Waals surface area contributed by atoms with Crippen molar-refractivity contribution in [1.82, 2.24) is 10.2 Å². The predicted octanol–water partition coefficient (Wildman–Crippen LogP) is 2.13. The summed E-state index contributed by atoms with van der Waals surface area (Å²) in [5.74, 6) is -0.752. The van der Waals surface area contributed by atoms with E-state index in [2.05, 4.69) is 5.32 Å². The highest BCUT2D eigenvalue weighted by molar-refractivity contribution is 6.13. The van der Waals surface area contributed by atoms with Gasteiger partial charge in [0, 0.05) is 6.54 Å². The lowest BCUT2D eigenvalue weighted by molar-refractivity contribution is -0.122. The van der Waals surface area contributed by atoms with Crippen LogP contribution in [-0.4, -0.2) is 23.4 Å². The predicted molar refractivity (Wildman–Crippen MR) is 64.9 cm³/mol. The van der Waals surface area contributed by atoms with E-state index >= 15 is 0 Å². The van der Waals surface area contributed by atoms with Gasteiger partial charge in [-0.25, -0.2) is 9.18 Å². The standard InChI is InChI=1S/C13H13FN2O2/c1-2-6-16-12(17)11(15-13(16)18)8-9-4-3-5-10(14)7-9/h3-5,7-8H,2,6H2,1H3,(H,15,18)/b11-8+. The summed E-state index contributed by atoms with van der Waals surface area (Å²) < 4.78 is 13.0. The number of amides is 3. The summed E-state index contributed by atoms with van der Waals surface area (Å²) in [6, 6.07) is 5.41. The van der Waals surface area contributed by atoms with Gasteiger partial charge < -0.3 is 5.32 Å². The van der Waals surface area contributed by atoms with Crippen molar-refractivity contribution in [3.8, 4) is 0 Å². The van der Waals surface area contributed by atoms with E-state index in [1.165, 1.54) is 18.2 Å². The average molecular weight is 248 g/mol. The molecule has 4 nitrogen and oxygen atoms in total. The van der Waals surface area contributed by atoms with E-state index in [-0.39, 0.29) is 17.4 Å². The molecule has 3 amide bonds. The van der Waals surface area contributed by atoms with Gasteiger partial charge in [-0.1, -0.05) is 19.1 Å². The van der Waals surface area contributed by atoms with Gasteiger partial charge in [-0.05, 0) is 30.2 Å². The van der Waals surface area contributed by atoms with Crippen LogP contribution in [0.25, 0.3) is 6.08 Å². The first-order valence-electron chi connectivity index (χ1n) is 5.72. The summed E-state index contributed by atoms with van der Waals surface area (Å²) in [5, 5.41) is 2.48. The minimum atomic E-state index is -0.426. The van der Waals surface area contributed by atoms with E-state index in [1.54, 1.807) is 12.1 Å². The Bertz CT molecular complexity index is 525. The first-order chi connectivity index (χ1) is 8.61. The first kappa shape index (κ1) is 12.3. The second-order valence-corrected chi connectivity index (χ2v) is 4.00. The zero-order valence-electron chi connectivity index (χ0n) is 9.94. The molecule has 0 radical (unpaired) electrons. The fourth-order valence-electron chi connectivity index (χ4n) is 1.76. The molecule has 0 bridgehead atoms. The van der Waals surface area contributed by atoms with Crippen molar-refractivity contribution >= 4 is 18.0 Å². The number of benzene rings is 1. The monoisotopic (exact) mass is 248 g/mol. The molecular formula is C13H13FN2O2. The van der Waals surface area contributed by atoms with E-state index in [0.717, 1.165) is 4.90 Å². The molecule has 1 heterocycles. The fourth-order valence-corrected chi connectivity index (χ4v) is 1.76. The fraction of sp³-hybridized carbons (Fsp3) is 0.231. The van der Waals surface area contributed by atoms with Crippen molar-refractivity contribution in [2.24, 2.45) is 0 Å². The molecule has 1 saturated heterocycles. The smallest absolute Gasteiger partial charge is 0.303 e. The highest BCUT2D eigenvalue weighted by Gasteiger charge is 2.32. The Labute approximate surface area is 104 Å². The number of imide groups is 1. The van der Waals surface area contributed by atoms with Crippen molar-refractivity contribution in [3.05, 3.63) is 41.3 Å². The lowest BCUT2D eigenvalue weighted by Crippen LogP contribution is -2.31. The molecule has 2 rings (SSSR count). The molecule has 1 aliphatic heterocycles. The summed E-state index contributed by atoms with van der Waals surface area (Å²) in [4.78, 5) is 24.5. The Morgan fingerprint density at radius 3 is 2.83 bits per heavy atom. The molecule has 1 aromatic rings. The summed E-state index contributed by atoms with van der Waals surface area (Å²) in [6.07, 6.45) is 2.17. The molecule has 5 heteroatoms. The van der Waals surface area contributed by atoms with Gasteiger partial charge in [0.25, 0.3) is 5.91 Å². The van der Waals surface area contributed by atoms with Crippen LogP contribution in [0.2, 0.25) is 0 Å². The van der Waals surface area contributed by atoms with Crippen LogP contribution in [0, 0.1) is 5.82 Å². The topological polar surface area (TPSA) is 49.4 Å². The minimum Gasteiger partial charge on any atom is -0.303 e. The van der Waals surface area contributed by atoms with Gasteiger partial charge in [-0.15, -0.1) is 0 Å². The van der Waals surface area contributed by atoms with Gasteiger partial charge in [0.15, 0.2) is 0 Å². The highest BCUT2D eigenvalue weighted by Crippen LogP contribution is 2.14. The molecule has 0 aromatic heterocycles. The molecule has 0 spiro atoms. The van der Waals surface area contributed by atoms with E-state index < -0.39 is 6.03 Å². The van der Waals surface area contributed by atoms with Crippen molar-refractivity contribution in [3.63, 3.8) is 0 Å². The molecule has 1 aliphatic rings. The molecular weight excluding hydrogens is 235 g/mol. The summed E-state index contributed by atoms with van der Waals surface area (Å²) >= 11 is 0. The van der Waals surface area contributed by atoms with Crippen LogP contribution < -0.4 is 5.32 Å². The van der Waals surface area contributed by atoms with Gasteiger partial charge in [-0.2, -0.15) is 0 Å². The number of hydrogen-bond donors (Lipinski definition) is 1. The molecule has 0 atom stereocenters. The zero-order chi connectivity index (χ0) is 13.1. The number of nitrogens with zero attached hydrogens (tertiary/aromatic N) is 1. The molecule has 0 saturated carbocycles. The Morgan fingerprint density at radius 1 is 1.39 bits per heavy atom. The molecule has 1 N–H and O–H groups in total. The Balaban J connectivity index is 2.25. The summed E-state index contributed by atoms with van der Waals surface area (Å²) in [6.45, 7) is 2.26. The largest absolute Gasteiger partial charge is 0.329 e. The molecule has 94 valence electrons. The molecule has 1 aromatic carbocycles. The minimum absolute atomic E-state index is 0.180. The maximum Gasteiger partial charge on any atom is 0.329 e. The number of carbonyl (C=O) groups excluding carboxylic acids is 2. The Morgan fingerprint density at radius 2 is 2.17 bits per heavy atom. The van der Waals surface area contributed by atoms with Crippen LogP contribution in [0.4, 0.5) is 9.18 Å². The number of urea groups is 1. The maximum absolute atomic E-state index is 13.0. The van der Waals surface area contributed by atoms with Gasteiger partial charge in [0.2, 0.25) is 0 Å². The Hall–Kier alpha value is -2.17. The van der Waals surface area contributed by atoms with Gasteiger partial charge >= 0.3 is 6.03 Å². The number of rotatable bonds is 3. The number of carbonyl (C=O) groups is 2. The van der Waals surface area contributed by atoms with E-state index in [1.807, 2.05) is 6.92 Å². The van der Waals surface area contributed by atoms with Crippen LogP contribution in [0.5, 0.6) is 0 Å². The number of nitrogens with one attached hydrogen (secondary N) is 1. The lowest BCUT2D eigenvalue weighted by Gasteiger charge is -2.08. The van der Waals surface area contributed by atoms with Crippen LogP contribution in [0.15, 0.2) is 30.0 Å². The van der Waals surface area contributed by atoms with Gasteiger partial charge in [0.1, 0.15) is 11.5 Å². The van der Waals surface area contributed by atoms with Gasteiger partial charge in [0.05, 0.1) is 0 Å². The third kappa shape index (κ3) is 2.40. The third-order valence-electron chi connectivity index (χ3n) is 2.57. The van der Waals surface area contributed by atoms with E-state index in [0.29, 0.717) is 18.5 Å². The van der Waals surface area contributed by atoms with E-state index in [9.17, 15) is 14.0 Å². The normalized spacial score (nSPS) is 17.4. The zero-order valence-corrected chi connectivity index (χ0v) is 9.94. The highest BCUT2D eigenvalue weighted by atomic mass is 19.1. The molecule has 1 fully saturated rings. The summed E-state index contributed by atoms with van der Waals surface area (Å²) in [5.41, 5.74) is 0.719. The van der Waals surface area contributed by atoms with Crippen molar-refractivity contribution in [2.75, 3.05) is 6.54 Å².